The van der Waals surface area contributed by atoms with Crippen LogP contribution in [0.25, 0.3) is 21.9 Å². The van der Waals surface area contributed by atoms with E-state index in [-0.39, 0.29) is 12.2 Å². The Bertz CT molecular complexity index is 1450. The number of carbonyl (C=O) groups is 2. The molecule has 2 aliphatic rings. The SMILES string of the molecule is O=C(OC1CCCN(CCOCCc2ccc3occc3c2)C1)C(=O)OC1CCCN(CCOCCc2ccc3occc3c2)C1. The number of rotatable bonds is 14. The molecule has 46 heavy (non-hydrogen) atoms. The predicted molar refractivity (Wildman–Crippen MR) is 173 cm³/mol. The molecule has 4 heterocycles. The summed E-state index contributed by atoms with van der Waals surface area (Å²) in [4.78, 5) is 29.7. The van der Waals surface area contributed by atoms with Gasteiger partial charge in [-0.1, -0.05) is 12.1 Å². The number of benzene rings is 2. The molecule has 2 aromatic carbocycles. The molecule has 10 nitrogen and oxygen atoms in total. The van der Waals surface area contributed by atoms with E-state index in [9.17, 15) is 9.59 Å². The maximum atomic E-state index is 12.6. The number of piperidine rings is 2. The lowest BCUT2D eigenvalue weighted by Crippen LogP contribution is -2.45. The van der Waals surface area contributed by atoms with Crippen molar-refractivity contribution in [3.05, 3.63) is 72.2 Å². The van der Waals surface area contributed by atoms with Crippen LogP contribution < -0.4 is 0 Å². The van der Waals surface area contributed by atoms with Gasteiger partial charge < -0.3 is 27.8 Å². The highest BCUT2D eigenvalue weighted by molar-refractivity contribution is 6.29. The molecule has 4 aromatic rings. The Morgan fingerprint density at radius 3 is 1.61 bits per heavy atom. The van der Waals surface area contributed by atoms with Crippen LogP contribution in [0.1, 0.15) is 36.8 Å². The van der Waals surface area contributed by atoms with Gasteiger partial charge in [-0.25, -0.2) is 9.59 Å². The number of likely N-dealkylation sites (tertiary alicyclic amines) is 2. The first-order chi connectivity index (χ1) is 22.6. The molecule has 2 fully saturated rings. The maximum absolute atomic E-state index is 12.6. The zero-order valence-electron chi connectivity index (χ0n) is 26.4. The van der Waals surface area contributed by atoms with Crippen LogP contribution in [0.3, 0.4) is 0 Å². The molecule has 0 N–H and O–H groups in total. The summed E-state index contributed by atoms with van der Waals surface area (Å²) >= 11 is 0. The van der Waals surface area contributed by atoms with Crippen molar-refractivity contribution >= 4 is 33.9 Å². The van der Waals surface area contributed by atoms with E-state index in [4.69, 9.17) is 27.8 Å². The third-order valence-electron chi connectivity index (χ3n) is 8.85. The minimum Gasteiger partial charge on any atom is -0.464 e. The smallest absolute Gasteiger partial charge is 0.417 e. The van der Waals surface area contributed by atoms with Crippen molar-refractivity contribution in [1.29, 1.82) is 0 Å². The number of hydrogen-bond donors (Lipinski definition) is 0. The van der Waals surface area contributed by atoms with E-state index < -0.39 is 11.9 Å². The third kappa shape index (κ3) is 9.19. The molecule has 0 bridgehead atoms. The van der Waals surface area contributed by atoms with Crippen molar-refractivity contribution < 1.29 is 37.4 Å². The van der Waals surface area contributed by atoms with Crippen molar-refractivity contribution in [2.75, 3.05) is 65.7 Å². The fraction of sp³-hybridized carbons (Fsp3) is 0.500. The summed E-state index contributed by atoms with van der Waals surface area (Å²) in [6, 6.07) is 16.3. The first-order valence-electron chi connectivity index (χ1n) is 16.5. The van der Waals surface area contributed by atoms with Gasteiger partial charge in [0.15, 0.2) is 0 Å². The van der Waals surface area contributed by atoms with E-state index in [0.29, 0.717) is 39.5 Å². The van der Waals surface area contributed by atoms with Gasteiger partial charge in [-0.05, 0) is 99.1 Å². The monoisotopic (exact) mass is 632 g/mol. The van der Waals surface area contributed by atoms with Crippen LogP contribution in [0.4, 0.5) is 0 Å². The average molecular weight is 633 g/mol. The van der Waals surface area contributed by atoms with Crippen LogP contribution in [-0.2, 0) is 41.4 Å². The quantitative estimate of drug-likeness (QED) is 0.107. The van der Waals surface area contributed by atoms with Gasteiger partial charge >= 0.3 is 11.9 Å². The first-order valence-corrected chi connectivity index (χ1v) is 16.5. The molecule has 0 radical (unpaired) electrons. The van der Waals surface area contributed by atoms with Gasteiger partial charge in [-0.3, -0.25) is 9.80 Å². The van der Waals surface area contributed by atoms with Crippen LogP contribution >= 0.6 is 0 Å². The fourth-order valence-electron chi connectivity index (χ4n) is 6.34. The Labute approximate surface area is 269 Å². The van der Waals surface area contributed by atoms with E-state index in [0.717, 1.165) is 86.6 Å². The van der Waals surface area contributed by atoms with Crippen molar-refractivity contribution in [2.45, 2.75) is 50.7 Å². The second-order valence-electron chi connectivity index (χ2n) is 12.3. The molecule has 246 valence electrons. The summed E-state index contributed by atoms with van der Waals surface area (Å²) in [5.41, 5.74) is 4.21. The second kappa shape index (κ2) is 16.2. The molecule has 2 aromatic heterocycles. The highest BCUT2D eigenvalue weighted by Crippen LogP contribution is 2.19. The molecule has 10 heteroatoms. The standard InChI is InChI=1S/C36H44N2O8/c39-35(45-31-3-1-13-37(25-31)15-21-41-17-9-27-5-7-33-29(23-27)11-19-43-33)36(40)46-32-4-2-14-38(26-32)16-22-42-18-10-28-6-8-34-30(24-28)12-20-44-34/h5-8,11-12,19-20,23-24,31-32H,1-4,9-10,13-18,21-22,25-26H2. The van der Waals surface area contributed by atoms with E-state index in [1.165, 1.54) is 11.1 Å². The largest absolute Gasteiger partial charge is 0.464 e. The Hall–Kier alpha value is -3.70. The summed E-state index contributed by atoms with van der Waals surface area (Å²) in [5, 5.41) is 2.20. The van der Waals surface area contributed by atoms with Crippen LogP contribution in [-0.4, -0.2) is 99.6 Å². The molecule has 6 rings (SSSR count). The summed E-state index contributed by atoms with van der Waals surface area (Å²) in [5.74, 6) is -1.79. The molecule has 2 unspecified atom stereocenters. The zero-order valence-corrected chi connectivity index (χ0v) is 26.4. The summed E-state index contributed by atoms with van der Waals surface area (Å²) in [7, 11) is 0. The van der Waals surface area contributed by atoms with Gasteiger partial charge in [0.25, 0.3) is 0 Å². The van der Waals surface area contributed by atoms with E-state index in [2.05, 4.69) is 34.1 Å². The number of carbonyl (C=O) groups excluding carboxylic acids is 2. The molecule has 0 saturated carbocycles. The van der Waals surface area contributed by atoms with Crippen molar-refractivity contribution in [2.24, 2.45) is 0 Å². The number of fused-ring (bicyclic) bond motifs is 2. The van der Waals surface area contributed by atoms with Gasteiger partial charge in [0.05, 0.1) is 39.0 Å². The summed E-state index contributed by atoms with van der Waals surface area (Å²) in [6.07, 6.45) is 7.70. The molecule has 0 spiro atoms. The Kier molecular flexibility index (Phi) is 11.4. The molecule has 2 saturated heterocycles. The number of nitrogens with zero attached hydrogens (tertiary/aromatic N) is 2. The highest BCUT2D eigenvalue weighted by Gasteiger charge is 2.30. The molecule has 2 atom stereocenters. The van der Waals surface area contributed by atoms with Crippen molar-refractivity contribution in [3.63, 3.8) is 0 Å². The zero-order chi connectivity index (χ0) is 31.6. The van der Waals surface area contributed by atoms with Crippen molar-refractivity contribution in [3.8, 4) is 0 Å². The normalized spacial score (nSPS) is 19.5. The lowest BCUT2D eigenvalue weighted by molar-refractivity contribution is -0.177. The molecular weight excluding hydrogens is 588 g/mol. The molecule has 0 aliphatic carbocycles. The number of hydrogen-bond acceptors (Lipinski definition) is 10. The number of esters is 2. The lowest BCUT2D eigenvalue weighted by Gasteiger charge is -2.33. The van der Waals surface area contributed by atoms with Gasteiger partial charge in [0.2, 0.25) is 0 Å². The minimum absolute atomic E-state index is 0.322. The van der Waals surface area contributed by atoms with Gasteiger partial charge in [0.1, 0.15) is 23.4 Å². The van der Waals surface area contributed by atoms with Crippen LogP contribution in [0.15, 0.2) is 69.9 Å². The molecule has 0 amide bonds. The van der Waals surface area contributed by atoms with E-state index >= 15 is 0 Å². The predicted octanol–water partition coefficient (Wildman–Crippen LogP) is 5.01. The highest BCUT2D eigenvalue weighted by atomic mass is 16.6. The van der Waals surface area contributed by atoms with Crippen molar-refractivity contribution in [1.82, 2.24) is 9.80 Å². The Morgan fingerprint density at radius 2 is 1.13 bits per heavy atom. The van der Waals surface area contributed by atoms with Crippen LogP contribution in [0.2, 0.25) is 0 Å². The number of furan rings is 2. The maximum Gasteiger partial charge on any atom is 0.417 e. The fourth-order valence-corrected chi connectivity index (χ4v) is 6.34. The Balaban J connectivity index is 0.828. The van der Waals surface area contributed by atoms with E-state index in [1.54, 1.807) is 12.5 Å². The first kappa shape index (κ1) is 32.2. The number of ether oxygens (including phenoxy) is 4. The van der Waals surface area contributed by atoms with Crippen LogP contribution in [0.5, 0.6) is 0 Å². The molecule has 2 aliphatic heterocycles. The summed E-state index contributed by atoms with van der Waals surface area (Å²) in [6.45, 7) is 7.00. The minimum atomic E-state index is -0.897. The Morgan fingerprint density at radius 1 is 0.652 bits per heavy atom. The van der Waals surface area contributed by atoms with Gasteiger partial charge in [-0.2, -0.15) is 0 Å². The topological polar surface area (TPSA) is 104 Å². The molecular formula is C36H44N2O8. The van der Waals surface area contributed by atoms with E-state index in [1.807, 2.05) is 24.3 Å². The third-order valence-corrected chi connectivity index (χ3v) is 8.85. The summed E-state index contributed by atoms with van der Waals surface area (Å²) < 4.78 is 33.7. The second-order valence-corrected chi connectivity index (χ2v) is 12.3. The van der Waals surface area contributed by atoms with Crippen LogP contribution in [0, 0.1) is 0 Å². The lowest BCUT2D eigenvalue weighted by atomic mass is 10.1. The van der Waals surface area contributed by atoms with Gasteiger partial charge in [-0.15, -0.1) is 0 Å². The van der Waals surface area contributed by atoms with Gasteiger partial charge in [0, 0.05) is 37.0 Å². The average Bonchev–Trinajstić information content (AvgIpc) is 3.74.